The standard InChI is InChI=1S/C14H19ClN2O2/c1-2-17-6-5-10(9-17)8-16-14(19)12-7-11(18)3-4-13(12)15/h3-4,7,10,18H,2,5-6,8-9H2,1H3,(H,16,19). The van der Waals surface area contributed by atoms with Crippen molar-refractivity contribution in [2.75, 3.05) is 26.2 Å². The first kappa shape index (κ1) is 14.2. The Labute approximate surface area is 118 Å². The number of nitrogens with one attached hydrogen (secondary N) is 1. The number of phenols is 1. The lowest BCUT2D eigenvalue weighted by Crippen LogP contribution is -2.31. The fourth-order valence-corrected chi connectivity index (χ4v) is 2.59. The summed E-state index contributed by atoms with van der Waals surface area (Å²) in [7, 11) is 0. The number of nitrogens with zero attached hydrogens (tertiary/aromatic N) is 1. The van der Waals surface area contributed by atoms with Crippen molar-refractivity contribution in [1.82, 2.24) is 10.2 Å². The maximum Gasteiger partial charge on any atom is 0.252 e. The summed E-state index contributed by atoms with van der Waals surface area (Å²) >= 11 is 5.95. The molecule has 1 aromatic carbocycles. The van der Waals surface area contributed by atoms with Gasteiger partial charge in [0.15, 0.2) is 0 Å². The van der Waals surface area contributed by atoms with Crippen LogP contribution in [0.3, 0.4) is 0 Å². The maximum atomic E-state index is 12.0. The molecule has 1 aliphatic heterocycles. The Hall–Kier alpha value is -1.26. The Kier molecular flexibility index (Phi) is 4.66. The minimum absolute atomic E-state index is 0.0487. The lowest BCUT2D eigenvalue weighted by molar-refractivity contribution is 0.0947. The van der Waals surface area contributed by atoms with Crippen LogP contribution in [0.15, 0.2) is 18.2 Å². The number of halogens is 1. The summed E-state index contributed by atoms with van der Waals surface area (Å²) in [6.45, 7) is 5.99. The summed E-state index contributed by atoms with van der Waals surface area (Å²) in [6.07, 6.45) is 1.11. The molecule has 5 heteroatoms. The monoisotopic (exact) mass is 282 g/mol. The van der Waals surface area contributed by atoms with Crippen LogP contribution in [-0.2, 0) is 0 Å². The molecule has 1 aromatic rings. The third-order valence-corrected chi connectivity index (χ3v) is 3.89. The van der Waals surface area contributed by atoms with Crippen LogP contribution in [0.25, 0.3) is 0 Å². The fourth-order valence-electron chi connectivity index (χ4n) is 2.39. The predicted octanol–water partition coefficient (Wildman–Crippen LogP) is 2.12. The molecule has 0 aromatic heterocycles. The first-order chi connectivity index (χ1) is 9.10. The average Bonchev–Trinajstić information content (AvgIpc) is 2.87. The fraction of sp³-hybridized carbons (Fsp3) is 0.500. The molecule has 1 heterocycles. The Morgan fingerprint density at radius 2 is 2.37 bits per heavy atom. The number of aromatic hydroxyl groups is 1. The van der Waals surface area contributed by atoms with Crippen molar-refractivity contribution in [1.29, 1.82) is 0 Å². The molecule has 1 fully saturated rings. The molecule has 0 radical (unpaired) electrons. The lowest BCUT2D eigenvalue weighted by Gasteiger charge is -2.14. The third-order valence-electron chi connectivity index (χ3n) is 3.56. The molecule has 2 rings (SSSR count). The molecule has 4 nitrogen and oxygen atoms in total. The molecule has 1 aliphatic rings. The van der Waals surface area contributed by atoms with Gasteiger partial charge in [0.1, 0.15) is 5.75 Å². The lowest BCUT2D eigenvalue weighted by atomic mass is 10.1. The zero-order valence-corrected chi connectivity index (χ0v) is 11.8. The third kappa shape index (κ3) is 3.61. The minimum Gasteiger partial charge on any atom is -0.508 e. The van der Waals surface area contributed by atoms with Crippen LogP contribution in [0.4, 0.5) is 0 Å². The van der Waals surface area contributed by atoms with Crippen molar-refractivity contribution in [2.24, 2.45) is 5.92 Å². The van der Waals surface area contributed by atoms with Crippen LogP contribution in [0.5, 0.6) is 5.75 Å². The van der Waals surface area contributed by atoms with Crippen molar-refractivity contribution >= 4 is 17.5 Å². The summed E-state index contributed by atoms with van der Waals surface area (Å²) in [6, 6.07) is 4.39. The van der Waals surface area contributed by atoms with E-state index in [1.165, 1.54) is 18.2 Å². The summed E-state index contributed by atoms with van der Waals surface area (Å²) in [5.41, 5.74) is 0.326. The zero-order chi connectivity index (χ0) is 13.8. The van der Waals surface area contributed by atoms with Crippen molar-refractivity contribution < 1.29 is 9.90 Å². The highest BCUT2D eigenvalue weighted by Gasteiger charge is 2.22. The van der Waals surface area contributed by atoms with Crippen LogP contribution in [0.1, 0.15) is 23.7 Å². The molecule has 1 amide bonds. The molecule has 1 atom stereocenters. The van der Waals surface area contributed by atoms with E-state index in [2.05, 4.69) is 17.1 Å². The van der Waals surface area contributed by atoms with Crippen LogP contribution in [0.2, 0.25) is 5.02 Å². The van der Waals surface area contributed by atoms with Crippen molar-refractivity contribution in [3.05, 3.63) is 28.8 Å². The van der Waals surface area contributed by atoms with Crippen LogP contribution in [-0.4, -0.2) is 42.1 Å². The largest absolute Gasteiger partial charge is 0.508 e. The van der Waals surface area contributed by atoms with Crippen molar-refractivity contribution in [3.8, 4) is 5.75 Å². The summed E-state index contributed by atoms with van der Waals surface area (Å²) in [5.74, 6) is 0.323. The highest BCUT2D eigenvalue weighted by atomic mass is 35.5. The van der Waals surface area contributed by atoms with Gasteiger partial charge in [0.05, 0.1) is 10.6 Å². The van der Waals surface area contributed by atoms with Crippen LogP contribution < -0.4 is 5.32 Å². The molecular formula is C14H19ClN2O2. The van der Waals surface area contributed by atoms with Crippen molar-refractivity contribution in [2.45, 2.75) is 13.3 Å². The molecule has 104 valence electrons. The van der Waals surface area contributed by atoms with Gasteiger partial charge in [0, 0.05) is 13.1 Å². The van der Waals surface area contributed by atoms with Gasteiger partial charge in [-0.2, -0.15) is 0 Å². The number of rotatable bonds is 4. The summed E-state index contributed by atoms with van der Waals surface area (Å²) in [5, 5.41) is 12.6. The summed E-state index contributed by atoms with van der Waals surface area (Å²) < 4.78 is 0. The second-order valence-corrected chi connectivity index (χ2v) is 5.33. The molecule has 0 spiro atoms. The van der Waals surface area contributed by atoms with Crippen molar-refractivity contribution in [3.63, 3.8) is 0 Å². The van der Waals surface area contributed by atoms with E-state index < -0.39 is 0 Å². The first-order valence-electron chi connectivity index (χ1n) is 6.59. The van der Waals surface area contributed by atoms with Gasteiger partial charge >= 0.3 is 0 Å². The molecule has 0 aliphatic carbocycles. The number of phenolic OH excluding ortho intramolecular Hbond substituents is 1. The number of benzene rings is 1. The van der Waals surface area contributed by atoms with E-state index in [9.17, 15) is 9.90 Å². The van der Waals surface area contributed by atoms with E-state index >= 15 is 0 Å². The van der Waals surface area contributed by atoms with E-state index in [0.717, 1.165) is 26.1 Å². The predicted molar refractivity (Wildman–Crippen MR) is 75.7 cm³/mol. The average molecular weight is 283 g/mol. The van der Waals surface area contributed by atoms with Gasteiger partial charge in [0.2, 0.25) is 0 Å². The number of hydrogen-bond donors (Lipinski definition) is 2. The van der Waals surface area contributed by atoms with E-state index in [0.29, 0.717) is 23.0 Å². The van der Waals surface area contributed by atoms with E-state index in [-0.39, 0.29) is 11.7 Å². The number of likely N-dealkylation sites (tertiary alicyclic amines) is 1. The molecule has 1 unspecified atom stereocenters. The number of carbonyl (C=O) groups excluding carboxylic acids is 1. The first-order valence-corrected chi connectivity index (χ1v) is 6.97. The Bertz CT molecular complexity index is 465. The highest BCUT2D eigenvalue weighted by molar-refractivity contribution is 6.33. The molecule has 19 heavy (non-hydrogen) atoms. The SMILES string of the molecule is CCN1CCC(CNC(=O)c2cc(O)ccc2Cl)C1. The number of carbonyl (C=O) groups is 1. The maximum absolute atomic E-state index is 12.0. The molecule has 1 saturated heterocycles. The van der Waals surface area contributed by atoms with Gasteiger partial charge in [-0.3, -0.25) is 4.79 Å². The molecular weight excluding hydrogens is 264 g/mol. The molecule has 0 saturated carbocycles. The van der Waals surface area contributed by atoms with Gasteiger partial charge < -0.3 is 15.3 Å². The second kappa shape index (κ2) is 6.26. The normalized spacial score (nSPS) is 19.6. The minimum atomic E-state index is -0.226. The Morgan fingerprint density at radius 1 is 1.58 bits per heavy atom. The van der Waals surface area contributed by atoms with Gasteiger partial charge in [-0.05, 0) is 43.6 Å². The summed E-state index contributed by atoms with van der Waals surface area (Å²) in [4.78, 5) is 14.4. The van der Waals surface area contributed by atoms with Gasteiger partial charge in [-0.15, -0.1) is 0 Å². The smallest absolute Gasteiger partial charge is 0.252 e. The quantitative estimate of drug-likeness (QED) is 0.889. The Morgan fingerprint density at radius 3 is 3.05 bits per heavy atom. The second-order valence-electron chi connectivity index (χ2n) is 4.92. The van der Waals surface area contributed by atoms with E-state index in [4.69, 9.17) is 11.6 Å². The van der Waals surface area contributed by atoms with E-state index in [1.54, 1.807) is 0 Å². The Balaban J connectivity index is 1.89. The van der Waals surface area contributed by atoms with Gasteiger partial charge in [-0.25, -0.2) is 0 Å². The highest BCUT2D eigenvalue weighted by Crippen LogP contribution is 2.21. The molecule has 2 N–H and O–H groups in total. The van der Waals surface area contributed by atoms with Crippen LogP contribution in [0, 0.1) is 5.92 Å². The van der Waals surface area contributed by atoms with E-state index in [1.807, 2.05) is 0 Å². The molecule has 0 bridgehead atoms. The van der Waals surface area contributed by atoms with Gasteiger partial charge in [0.25, 0.3) is 5.91 Å². The zero-order valence-electron chi connectivity index (χ0n) is 11.0. The number of amides is 1. The number of hydrogen-bond acceptors (Lipinski definition) is 3. The topological polar surface area (TPSA) is 52.6 Å². The van der Waals surface area contributed by atoms with Gasteiger partial charge in [-0.1, -0.05) is 18.5 Å². The van der Waals surface area contributed by atoms with Crippen LogP contribution >= 0.6 is 11.6 Å².